The van der Waals surface area contributed by atoms with E-state index in [1.165, 1.54) is 11.1 Å². The lowest BCUT2D eigenvalue weighted by Gasteiger charge is -2.20. The van der Waals surface area contributed by atoms with Crippen LogP contribution in [0.5, 0.6) is 5.75 Å². The van der Waals surface area contributed by atoms with Gasteiger partial charge in [-0.3, -0.25) is 0 Å². The third kappa shape index (κ3) is 3.41. The molecule has 2 aromatic carbocycles. The van der Waals surface area contributed by atoms with Gasteiger partial charge in [0.15, 0.2) is 0 Å². The number of aliphatic hydroxyl groups excluding tert-OH is 1. The van der Waals surface area contributed by atoms with Crippen molar-refractivity contribution in [3.05, 3.63) is 65.2 Å². The number of methoxy groups -OCH3 is 1. The molecule has 0 bridgehead atoms. The van der Waals surface area contributed by atoms with Crippen molar-refractivity contribution in [1.82, 2.24) is 5.32 Å². The van der Waals surface area contributed by atoms with Crippen molar-refractivity contribution in [3.8, 4) is 5.75 Å². The third-order valence-corrected chi connectivity index (χ3v) is 4.84. The van der Waals surface area contributed by atoms with Crippen LogP contribution < -0.4 is 10.1 Å². The Morgan fingerprint density at radius 2 is 1.74 bits per heavy atom. The zero-order valence-corrected chi connectivity index (χ0v) is 13.8. The van der Waals surface area contributed by atoms with Gasteiger partial charge in [0, 0.05) is 12.0 Å². The second-order valence-electron chi connectivity index (χ2n) is 6.32. The van der Waals surface area contributed by atoms with Crippen molar-refractivity contribution in [2.45, 2.75) is 31.9 Å². The van der Waals surface area contributed by atoms with E-state index in [0.717, 1.165) is 30.7 Å². The number of aliphatic hydroxyl groups is 1. The van der Waals surface area contributed by atoms with Crippen molar-refractivity contribution >= 4 is 0 Å². The lowest BCUT2D eigenvalue weighted by atomic mass is 10.0. The topological polar surface area (TPSA) is 41.5 Å². The molecule has 0 saturated heterocycles. The molecule has 3 atom stereocenters. The van der Waals surface area contributed by atoms with Crippen LogP contribution in [0.3, 0.4) is 0 Å². The summed E-state index contributed by atoms with van der Waals surface area (Å²) < 4.78 is 5.18. The summed E-state index contributed by atoms with van der Waals surface area (Å²) in [5, 5.41) is 14.0. The quantitative estimate of drug-likeness (QED) is 0.800. The van der Waals surface area contributed by atoms with Gasteiger partial charge in [0.05, 0.1) is 13.2 Å². The predicted molar refractivity (Wildman–Crippen MR) is 92.6 cm³/mol. The third-order valence-electron chi connectivity index (χ3n) is 4.84. The predicted octanol–water partition coefficient (Wildman–Crippen LogP) is 3.64. The van der Waals surface area contributed by atoms with E-state index in [4.69, 9.17) is 4.74 Å². The normalized spacial score (nSPS) is 22.8. The highest BCUT2D eigenvalue weighted by Crippen LogP contribution is 2.43. The highest BCUT2D eigenvalue weighted by Gasteiger charge is 2.35. The smallest absolute Gasteiger partial charge is 0.118 e. The van der Waals surface area contributed by atoms with Gasteiger partial charge in [-0.25, -0.2) is 0 Å². The number of hydrogen-bond acceptors (Lipinski definition) is 3. The average Bonchev–Trinajstić information content (AvgIpc) is 2.84. The van der Waals surface area contributed by atoms with Gasteiger partial charge in [-0.1, -0.05) is 43.3 Å². The first-order valence-electron chi connectivity index (χ1n) is 8.34. The number of benzene rings is 2. The van der Waals surface area contributed by atoms with Gasteiger partial charge in [0.1, 0.15) is 5.75 Å². The van der Waals surface area contributed by atoms with Crippen LogP contribution in [0.4, 0.5) is 0 Å². The summed E-state index contributed by atoms with van der Waals surface area (Å²) in [6.07, 6.45) is 1.76. The Balaban J connectivity index is 1.52. The summed E-state index contributed by atoms with van der Waals surface area (Å²) in [7, 11) is 1.69. The van der Waals surface area contributed by atoms with E-state index in [1.807, 2.05) is 24.3 Å². The molecule has 1 aliphatic carbocycles. The van der Waals surface area contributed by atoms with E-state index in [0.29, 0.717) is 0 Å². The van der Waals surface area contributed by atoms with Crippen molar-refractivity contribution in [1.29, 1.82) is 0 Å². The van der Waals surface area contributed by atoms with Gasteiger partial charge in [-0.2, -0.15) is 0 Å². The molecule has 0 aromatic heterocycles. The standard InChI is InChI=1S/C20H25NO2/c1-14-19(17-7-3-4-8-18(17)20(14)22)21-13-5-6-15-9-11-16(23-2)12-10-15/h3-4,7-12,14,19-22H,5-6,13H2,1-2H3. The van der Waals surface area contributed by atoms with Gasteiger partial charge in [0.2, 0.25) is 0 Å². The zero-order valence-electron chi connectivity index (χ0n) is 13.8. The summed E-state index contributed by atoms with van der Waals surface area (Å²) in [5.41, 5.74) is 3.65. The molecular weight excluding hydrogens is 286 g/mol. The molecular formula is C20H25NO2. The van der Waals surface area contributed by atoms with E-state index in [9.17, 15) is 5.11 Å². The number of nitrogens with one attached hydrogen (secondary N) is 1. The molecule has 0 radical (unpaired) electrons. The Bertz CT molecular complexity index is 638. The minimum atomic E-state index is -0.356. The SMILES string of the molecule is COc1ccc(CCCNC2c3ccccc3C(O)C2C)cc1. The molecule has 3 heteroatoms. The van der Waals surface area contributed by atoms with E-state index in [2.05, 4.69) is 36.5 Å². The minimum Gasteiger partial charge on any atom is -0.497 e. The number of rotatable bonds is 6. The van der Waals surface area contributed by atoms with Crippen LogP contribution >= 0.6 is 0 Å². The van der Waals surface area contributed by atoms with Crippen LogP contribution in [0.25, 0.3) is 0 Å². The van der Waals surface area contributed by atoms with Gasteiger partial charge in [-0.05, 0) is 48.2 Å². The average molecular weight is 311 g/mol. The fraction of sp³-hybridized carbons (Fsp3) is 0.400. The van der Waals surface area contributed by atoms with E-state index in [-0.39, 0.29) is 18.1 Å². The van der Waals surface area contributed by atoms with Crippen molar-refractivity contribution in [2.24, 2.45) is 5.92 Å². The van der Waals surface area contributed by atoms with Gasteiger partial charge >= 0.3 is 0 Å². The van der Waals surface area contributed by atoms with Crippen LogP contribution in [-0.2, 0) is 6.42 Å². The van der Waals surface area contributed by atoms with Crippen LogP contribution in [-0.4, -0.2) is 18.8 Å². The first-order chi connectivity index (χ1) is 11.2. The monoisotopic (exact) mass is 311 g/mol. The summed E-state index contributed by atoms with van der Waals surface area (Å²) >= 11 is 0. The van der Waals surface area contributed by atoms with Crippen LogP contribution in [0, 0.1) is 5.92 Å². The van der Waals surface area contributed by atoms with Crippen molar-refractivity contribution in [3.63, 3.8) is 0 Å². The number of hydrogen-bond donors (Lipinski definition) is 2. The molecule has 2 aromatic rings. The fourth-order valence-electron chi connectivity index (χ4n) is 3.45. The molecule has 0 amide bonds. The molecule has 3 nitrogen and oxygen atoms in total. The molecule has 122 valence electrons. The Hall–Kier alpha value is -1.84. The molecule has 0 aliphatic heterocycles. The fourth-order valence-corrected chi connectivity index (χ4v) is 3.45. The second-order valence-corrected chi connectivity index (χ2v) is 6.32. The Kier molecular flexibility index (Phi) is 4.99. The summed E-state index contributed by atoms with van der Waals surface area (Å²) in [5.74, 6) is 1.12. The molecule has 0 heterocycles. The molecule has 0 fully saturated rings. The number of fused-ring (bicyclic) bond motifs is 1. The summed E-state index contributed by atoms with van der Waals surface area (Å²) in [4.78, 5) is 0. The van der Waals surface area contributed by atoms with Crippen molar-refractivity contribution < 1.29 is 9.84 Å². The molecule has 1 aliphatic rings. The zero-order chi connectivity index (χ0) is 16.2. The van der Waals surface area contributed by atoms with Gasteiger partial charge < -0.3 is 15.2 Å². The summed E-state index contributed by atoms with van der Waals surface area (Å²) in [6, 6.07) is 16.7. The molecule has 0 saturated carbocycles. The Morgan fingerprint density at radius 3 is 2.43 bits per heavy atom. The molecule has 23 heavy (non-hydrogen) atoms. The van der Waals surface area contributed by atoms with Gasteiger partial charge in [-0.15, -0.1) is 0 Å². The molecule has 3 unspecified atom stereocenters. The first-order valence-corrected chi connectivity index (χ1v) is 8.34. The lowest BCUT2D eigenvalue weighted by molar-refractivity contribution is 0.114. The highest BCUT2D eigenvalue weighted by atomic mass is 16.5. The largest absolute Gasteiger partial charge is 0.497 e. The van der Waals surface area contributed by atoms with Crippen LogP contribution in [0.1, 0.15) is 42.2 Å². The van der Waals surface area contributed by atoms with E-state index < -0.39 is 0 Å². The summed E-state index contributed by atoms with van der Waals surface area (Å²) in [6.45, 7) is 3.06. The number of ether oxygens (including phenoxy) is 1. The van der Waals surface area contributed by atoms with E-state index >= 15 is 0 Å². The van der Waals surface area contributed by atoms with Crippen LogP contribution in [0.15, 0.2) is 48.5 Å². The molecule has 3 rings (SSSR count). The highest BCUT2D eigenvalue weighted by molar-refractivity contribution is 5.37. The van der Waals surface area contributed by atoms with Gasteiger partial charge in [0.25, 0.3) is 0 Å². The van der Waals surface area contributed by atoms with Crippen molar-refractivity contribution in [2.75, 3.05) is 13.7 Å². The first kappa shape index (κ1) is 16.0. The minimum absolute atomic E-state index is 0.216. The molecule has 0 spiro atoms. The van der Waals surface area contributed by atoms with E-state index in [1.54, 1.807) is 7.11 Å². The maximum atomic E-state index is 10.4. The number of aryl methyl sites for hydroxylation is 1. The lowest BCUT2D eigenvalue weighted by Crippen LogP contribution is -2.26. The Morgan fingerprint density at radius 1 is 1.04 bits per heavy atom. The Labute approximate surface area is 138 Å². The van der Waals surface area contributed by atoms with Crippen LogP contribution in [0.2, 0.25) is 0 Å². The maximum absolute atomic E-state index is 10.4. The second kappa shape index (κ2) is 7.16. The maximum Gasteiger partial charge on any atom is 0.118 e. The molecule has 2 N–H and O–H groups in total.